The van der Waals surface area contributed by atoms with Gasteiger partial charge in [0, 0.05) is 29.7 Å². The van der Waals surface area contributed by atoms with Gasteiger partial charge in [-0.25, -0.2) is 9.48 Å². The van der Waals surface area contributed by atoms with Crippen molar-refractivity contribution < 1.29 is 38.0 Å². The van der Waals surface area contributed by atoms with Gasteiger partial charge in [-0.05, 0) is 49.7 Å². The lowest BCUT2D eigenvalue weighted by atomic mass is 10.0. The Kier molecular flexibility index (Phi) is 9.36. The maximum absolute atomic E-state index is 13.9. The highest BCUT2D eigenvalue weighted by Crippen LogP contribution is 2.44. The molecule has 0 fully saturated rings. The van der Waals surface area contributed by atoms with Crippen LogP contribution in [0.25, 0.3) is 21.7 Å². The smallest absolute Gasteiger partial charge is 0.323 e. The summed E-state index contributed by atoms with van der Waals surface area (Å²) >= 11 is 0. The minimum atomic E-state index is -3.76. The summed E-state index contributed by atoms with van der Waals surface area (Å²) in [4.78, 5) is 30.3. The molecule has 3 aromatic carbocycles. The third-order valence-electron chi connectivity index (χ3n) is 7.07. The molecule has 13 heteroatoms. The number of nitrogens with zero attached hydrogens (tertiary/aromatic N) is 2. The highest BCUT2D eigenvalue weighted by molar-refractivity contribution is 7.57. The Hall–Kier alpha value is -4.93. The molecule has 0 aliphatic rings. The summed E-state index contributed by atoms with van der Waals surface area (Å²) in [6, 6.07) is 16.5. The van der Waals surface area contributed by atoms with Crippen LogP contribution in [0, 0.1) is 5.82 Å². The van der Waals surface area contributed by atoms with Crippen LogP contribution < -0.4 is 14.9 Å². The van der Waals surface area contributed by atoms with E-state index in [2.05, 4.69) is 15.4 Å². The molecule has 2 heterocycles. The monoisotopic (exact) mass is 634 g/mol. The summed E-state index contributed by atoms with van der Waals surface area (Å²) in [5, 5.41) is 28.3. The van der Waals surface area contributed by atoms with Crippen LogP contribution in [0.4, 0.5) is 4.39 Å². The Balaban J connectivity index is 1.45. The number of hydrogen-bond acceptors (Lipinski definition) is 8. The number of aromatic hydroxyl groups is 2. The fourth-order valence-electron chi connectivity index (χ4n) is 4.99. The Morgan fingerprint density at radius 1 is 1.04 bits per heavy atom. The minimum Gasteiger partial charge on any atom is -0.505 e. The number of carbonyl (C=O) groups excluding carboxylic acids is 2. The summed E-state index contributed by atoms with van der Waals surface area (Å²) in [6.07, 6.45) is 2.79. The number of rotatable bonds is 12. The van der Waals surface area contributed by atoms with E-state index in [0.29, 0.717) is 16.7 Å². The quantitative estimate of drug-likeness (QED) is 0.105. The largest absolute Gasteiger partial charge is 0.505 e. The van der Waals surface area contributed by atoms with Gasteiger partial charge < -0.3 is 29.4 Å². The maximum Gasteiger partial charge on any atom is 0.323 e. The van der Waals surface area contributed by atoms with E-state index in [1.165, 1.54) is 36.0 Å². The number of nitrogens with one attached hydrogen (secondary N) is 2. The number of phenolic OH excluding ortho intramolecular Hbond substituents is 1. The summed E-state index contributed by atoms with van der Waals surface area (Å²) in [6.45, 7) is 3.33. The number of pyridine rings is 1. The molecule has 1 unspecified atom stereocenters. The number of benzene rings is 3. The lowest BCUT2D eigenvalue weighted by Crippen LogP contribution is -2.37. The zero-order chi connectivity index (χ0) is 32.1. The van der Waals surface area contributed by atoms with Gasteiger partial charge in [-0.2, -0.15) is 0 Å². The lowest BCUT2D eigenvalue weighted by molar-refractivity contribution is -0.144. The summed E-state index contributed by atoms with van der Waals surface area (Å²) in [5.74, 6) is -1.88. The van der Waals surface area contributed by atoms with Crippen molar-refractivity contribution in [3.8, 4) is 17.4 Å². The van der Waals surface area contributed by atoms with Crippen molar-refractivity contribution in [3.63, 3.8) is 0 Å². The second-order valence-corrected chi connectivity index (χ2v) is 12.5. The van der Waals surface area contributed by atoms with Gasteiger partial charge in [-0.1, -0.05) is 36.4 Å². The van der Waals surface area contributed by atoms with Crippen LogP contribution in [0.2, 0.25) is 0 Å². The van der Waals surface area contributed by atoms with Gasteiger partial charge in [0.2, 0.25) is 5.88 Å². The predicted octanol–water partition coefficient (Wildman–Crippen LogP) is 5.33. The van der Waals surface area contributed by atoms with Gasteiger partial charge in [0.25, 0.3) is 5.91 Å². The average molecular weight is 635 g/mol. The second-order valence-electron chi connectivity index (χ2n) is 10.3. The van der Waals surface area contributed by atoms with Crippen LogP contribution >= 0.6 is 7.52 Å². The first-order valence-corrected chi connectivity index (χ1v) is 16.0. The third-order valence-corrected chi connectivity index (χ3v) is 9.17. The van der Waals surface area contributed by atoms with Crippen LogP contribution in [0.15, 0.2) is 79.1 Å². The molecule has 2 atom stereocenters. The molecular formula is C32H32FN4O7P. The van der Waals surface area contributed by atoms with E-state index in [9.17, 15) is 28.8 Å². The molecule has 0 saturated heterocycles. The van der Waals surface area contributed by atoms with Crippen molar-refractivity contribution in [2.45, 2.75) is 26.4 Å². The molecule has 0 spiro atoms. The normalized spacial score (nSPS) is 13.3. The van der Waals surface area contributed by atoms with Crippen LogP contribution in [-0.2, 0) is 20.6 Å². The van der Waals surface area contributed by atoms with E-state index in [4.69, 9.17) is 9.26 Å². The Morgan fingerprint density at radius 2 is 1.78 bits per heavy atom. The van der Waals surface area contributed by atoms with Crippen molar-refractivity contribution in [3.05, 3.63) is 96.1 Å². The van der Waals surface area contributed by atoms with Crippen molar-refractivity contribution in [1.29, 1.82) is 0 Å². The Bertz CT molecular complexity index is 1900. The molecule has 0 aliphatic heterocycles. The molecule has 45 heavy (non-hydrogen) atoms. The molecule has 5 aromatic rings. The van der Waals surface area contributed by atoms with E-state index >= 15 is 0 Å². The zero-order valence-corrected chi connectivity index (χ0v) is 25.5. The highest BCUT2D eigenvalue weighted by Gasteiger charge is 2.31. The van der Waals surface area contributed by atoms with E-state index in [0.717, 1.165) is 0 Å². The number of carbonyl (C=O) groups is 2. The minimum absolute atomic E-state index is 0.0245. The number of esters is 1. The molecule has 0 aliphatic carbocycles. The summed E-state index contributed by atoms with van der Waals surface area (Å²) < 4.78 is 39.7. The van der Waals surface area contributed by atoms with E-state index in [1.807, 2.05) is 0 Å². The number of amides is 1. The van der Waals surface area contributed by atoms with Crippen molar-refractivity contribution in [1.82, 2.24) is 20.0 Å². The molecule has 0 radical (unpaired) electrons. The third kappa shape index (κ3) is 6.92. The molecule has 234 valence electrons. The first-order valence-electron chi connectivity index (χ1n) is 14.2. The number of para-hydroxylation sites is 1. The molecule has 0 saturated carbocycles. The number of aromatic nitrogens is 2. The fraction of sp³-hybridized carbons (Fsp3) is 0.219. The highest BCUT2D eigenvalue weighted by atomic mass is 31.2. The van der Waals surface area contributed by atoms with Crippen LogP contribution in [-0.4, -0.2) is 57.0 Å². The van der Waals surface area contributed by atoms with Crippen LogP contribution in [0.3, 0.4) is 0 Å². The molecule has 4 N–H and O–H groups in total. The van der Waals surface area contributed by atoms with Crippen molar-refractivity contribution in [2.75, 3.05) is 19.3 Å². The van der Waals surface area contributed by atoms with Crippen LogP contribution in [0.5, 0.6) is 17.4 Å². The second kappa shape index (κ2) is 13.4. The summed E-state index contributed by atoms with van der Waals surface area (Å²) in [5.41, 5.74) is 0.914. The molecule has 0 bridgehead atoms. The molecular weight excluding hydrogens is 602 g/mol. The first-order chi connectivity index (χ1) is 21.6. The molecule has 2 aromatic heterocycles. The maximum atomic E-state index is 13.9. The Morgan fingerprint density at radius 3 is 2.49 bits per heavy atom. The van der Waals surface area contributed by atoms with E-state index in [1.54, 1.807) is 61.5 Å². The number of ether oxygens (including phenoxy) is 1. The predicted molar refractivity (Wildman–Crippen MR) is 167 cm³/mol. The lowest BCUT2D eigenvalue weighted by Gasteiger charge is -2.23. The van der Waals surface area contributed by atoms with Crippen LogP contribution in [0.1, 0.15) is 29.8 Å². The Labute approximate surface area is 258 Å². The van der Waals surface area contributed by atoms with E-state index < -0.39 is 31.3 Å². The number of hydrogen-bond donors (Lipinski definition) is 4. The fourth-order valence-corrected chi connectivity index (χ4v) is 6.82. The number of halogens is 1. The van der Waals surface area contributed by atoms with Gasteiger partial charge in [-0.15, -0.1) is 0 Å². The number of phenols is 1. The first kappa shape index (κ1) is 31.5. The molecule has 5 rings (SSSR count). The zero-order valence-electron chi connectivity index (χ0n) is 24.6. The SMILES string of the molecule is CCOC(=O)[C@H](C)NP(=O)(CCNC(=O)c1c2cccnc2c(O)c2c(O)n(Cc3ccc(F)cc3)cc12)Oc1ccccc1. The van der Waals surface area contributed by atoms with Gasteiger partial charge >= 0.3 is 13.5 Å². The van der Waals surface area contributed by atoms with Crippen molar-refractivity contribution >= 4 is 41.1 Å². The standard InChI is InChI=1S/C32H32FN4O7P/c1-3-43-32(41)20(2)36-45(42,44-23-8-5-4-6-9-23)17-16-35-30(39)26-24-10-7-15-34-28(24)29(38)27-25(26)19-37(31(27)40)18-21-11-13-22(33)14-12-21/h4-15,19-20,38,40H,3,16-18H2,1-2H3,(H,35,39)(H,36,42)/t20-,45?/m0/s1. The molecule has 1 amide bonds. The average Bonchev–Trinajstić information content (AvgIpc) is 3.34. The molecule has 11 nitrogen and oxygen atoms in total. The topological polar surface area (TPSA) is 152 Å². The number of fused-ring (bicyclic) bond motifs is 2. The van der Waals surface area contributed by atoms with Crippen molar-refractivity contribution in [2.24, 2.45) is 0 Å². The van der Waals surface area contributed by atoms with Gasteiger partial charge in [0.05, 0.1) is 30.3 Å². The van der Waals surface area contributed by atoms with Gasteiger partial charge in [0.15, 0.2) is 5.75 Å². The van der Waals surface area contributed by atoms with E-state index in [-0.39, 0.29) is 59.3 Å². The van der Waals surface area contributed by atoms with Gasteiger partial charge in [-0.3, -0.25) is 19.1 Å². The van der Waals surface area contributed by atoms with Gasteiger partial charge in [0.1, 0.15) is 23.1 Å². The summed E-state index contributed by atoms with van der Waals surface area (Å²) in [7, 11) is -3.76.